The predicted octanol–water partition coefficient (Wildman–Crippen LogP) is 3.76. The topological polar surface area (TPSA) is 63.8 Å². The fourth-order valence-corrected chi connectivity index (χ4v) is 4.07. The van der Waals surface area contributed by atoms with Crippen LogP contribution in [0.25, 0.3) is 0 Å². The number of nitrogens with zero attached hydrogens (tertiary/aromatic N) is 4. The minimum atomic E-state index is -0.468. The third-order valence-electron chi connectivity index (χ3n) is 3.77. The molecule has 1 saturated carbocycles. The molecule has 0 spiro atoms. The van der Waals surface area contributed by atoms with Gasteiger partial charge in [0.05, 0.1) is 12.1 Å². The Hall–Kier alpha value is -0.920. The molecule has 1 fully saturated rings. The highest BCUT2D eigenvalue weighted by Gasteiger charge is 2.22. The van der Waals surface area contributed by atoms with Crippen molar-refractivity contribution in [2.24, 2.45) is 0 Å². The molecule has 1 N–H and O–H groups in total. The van der Waals surface area contributed by atoms with Gasteiger partial charge in [0.15, 0.2) is 0 Å². The van der Waals surface area contributed by atoms with Gasteiger partial charge in [0.2, 0.25) is 5.16 Å². The molecule has 1 aliphatic rings. The summed E-state index contributed by atoms with van der Waals surface area (Å²) in [7, 11) is 0. The van der Waals surface area contributed by atoms with Crippen LogP contribution in [-0.2, 0) is 0 Å². The van der Waals surface area contributed by atoms with Crippen LogP contribution in [0.1, 0.15) is 50.3 Å². The van der Waals surface area contributed by atoms with Crippen molar-refractivity contribution in [1.82, 2.24) is 20.2 Å². The number of aromatic nitrogens is 4. The molecule has 0 amide bonds. The first kappa shape index (κ1) is 15.0. The van der Waals surface area contributed by atoms with Crippen LogP contribution in [0.2, 0.25) is 0 Å². The summed E-state index contributed by atoms with van der Waals surface area (Å²) in [6, 6.07) is 6.29. The number of rotatable bonds is 4. The largest absolute Gasteiger partial charge is 0.389 e. The molecule has 5 nitrogen and oxygen atoms in total. The molecule has 3 rings (SSSR count). The summed E-state index contributed by atoms with van der Waals surface area (Å²) in [6.07, 6.45) is 4.34. The van der Waals surface area contributed by atoms with Gasteiger partial charge >= 0.3 is 0 Å². The van der Waals surface area contributed by atoms with Gasteiger partial charge in [-0.25, -0.2) is 4.68 Å². The Morgan fingerprint density at radius 1 is 1.38 bits per heavy atom. The Morgan fingerprint density at radius 2 is 2.14 bits per heavy atom. The second-order valence-electron chi connectivity index (χ2n) is 5.31. The number of hydrogen-bond acceptors (Lipinski definition) is 5. The molecule has 0 saturated heterocycles. The summed E-state index contributed by atoms with van der Waals surface area (Å²) < 4.78 is 2.90. The summed E-state index contributed by atoms with van der Waals surface area (Å²) in [4.78, 5) is 1.05. The van der Waals surface area contributed by atoms with E-state index in [0.717, 1.165) is 32.9 Å². The van der Waals surface area contributed by atoms with Gasteiger partial charge in [-0.2, -0.15) is 0 Å². The average Bonchev–Trinajstić information content (AvgIpc) is 3.11. The highest BCUT2D eigenvalue weighted by Crippen LogP contribution is 2.37. The average molecular weight is 369 g/mol. The van der Waals surface area contributed by atoms with E-state index in [1.807, 2.05) is 22.9 Å². The monoisotopic (exact) mass is 368 g/mol. The molecule has 2 aromatic rings. The van der Waals surface area contributed by atoms with Gasteiger partial charge in [-0.1, -0.05) is 18.9 Å². The van der Waals surface area contributed by atoms with Crippen LogP contribution in [0.15, 0.2) is 32.7 Å². The molecule has 1 heterocycles. The van der Waals surface area contributed by atoms with Gasteiger partial charge in [0.1, 0.15) is 0 Å². The van der Waals surface area contributed by atoms with E-state index in [-0.39, 0.29) is 0 Å². The van der Waals surface area contributed by atoms with Gasteiger partial charge in [-0.15, -0.1) is 5.10 Å². The van der Waals surface area contributed by atoms with E-state index in [4.69, 9.17) is 0 Å². The van der Waals surface area contributed by atoms with Crippen LogP contribution in [0, 0.1) is 0 Å². The lowest BCUT2D eigenvalue weighted by atomic mass is 10.1. The standard InChI is InChI=1S/C14H17BrN4OS/c1-9(20)10-6-7-13(12(15)8-10)21-14-16-17-18-19(14)11-4-2-3-5-11/h6-9,11,20H,2-5H2,1H3/t9-/m1/s1. The van der Waals surface area contributed by atoms with Crippen molar-refractivity contribution in [1.29, 1.82) is 0 Å². The first-order chi connectivity index (χ1) is 10.1. The van der Waals surface area contributed by atoms with Crippen molar-refractivity contribution in [2.45, 2.75) is 54.8 Å². The van der Waals surface area contributed by atoms with Crippen LogP contribution in [0.4, 0.5) is 0 Å². The van der Waals surface area contributed by atoms with Crippen LogP contribution in [0.5, 0.6) is 0 Å². The molecule has 1 aliphatic carbocycles. The molecular weight excluding hydrogens is 352 g/mol. The molecule has 0 bridgehead atoms. The SMILES string of the molecule is C[C@@H](O)c1ccc(Sc2nnnn2C2CCCC2)c(Br)c1. The Bertz CT molecular complexity index is 625. The molecule has 21 heavy (non-hydrogen) atoms. The van der Waals surface area contributed by atoms with E-state index in [1.165, 1.54) is 12.8 Å². The number of halogens is 1. The van der Waals surface area contributed by atoms with Gasteiger partial charge < -0.3 is 5.11 Å². The molecule has 112 valence electrons. The highest BCUT2D eigenvalue weighted by molar-refractivity contribution is 9.10. The van der Waals surface area contributed by atoms with E-state index in [0.29, 0.717) is 6.04 Å². The number of aliphatic hydroxyl groups is 1. The number of tetrazole rings is 1. The highest BCUT2D eigenvalue weighted by atomic mass is 79.9. The van der Waals surface area contributed by atoms with Gasteiger partial charge in [0, 0.05) is 9.37 Å². The third-order valence-corrected chi connectivity index (χ3v) is 5.72. The van der Waals surface area contributed by atoms with Crippen LogP contribution >= 0.6 is 27.7 Å². The maximum atomic E-state index is 9.62. The van der Waals surface area contributed by atoms with E-state index in [1.54, 1.807) is 18.7 Å². The molecule has 1 atom stereocenters. The Morgan fingerprint density at radius 3 is 2.81 bits per heavy atom. The Balaban J connectivity index is 1.82. The van der Waals surface area contributed by atoms with E-state index < -0.39 is 6.10 Å². The summed E-state index contributed by atoms with van der Waals surface area (Å²) in [5.41, 5.74) is 0.890. The molecular formula is C14H17BrN4OS. The normalized spacial score (nSPS) is 17.3. The summed E-state index contributed by atoms with van der Waals surface area (Å²) in [5, 5.41) is 22.6. The summed E-state index contributed by atoms with van der Waals surface area (Å²) in [5.74, 6) is 0. The third kappa shape index (κ3) is 3.30. The lowest BCUT2D eigenvalue weighted by Gasteiger charge is -2.12. The maximum absolute atomic E-state index is 9.62. The van der Waals surface area contributed by atoms with Crippen LogP contribution < -0.4 is 0 Å². The van der Waals surface area contributed by atoms with Crippen molar-refractivity contribution in [3.8, 4) is 0 Å². The first-order valence-corrected chi connectivity index (χ1v) is 8.69. The minimum Gasteiger partial charge on any atom is -0.389 e. The second kappa shape index (κ2) is 6.46. The lowest BCUT2D eigenvalue weighted by molar-refractivity contribution is 0.199. The van der Waals surface area contributed by atoms with Crippen molar-refractivity contribution in [3.63, 3.8) is 0 Å². The molecule has 0 unspecified atom stereocenters. The predicted molar refractivity (Wildman–Crippen MR) is 84.2 cm³/mol. The zero-order chi connectivity index (χ0) is 14.8. The van der Waals surface area contributed by atoms with E-state index in [9.17, 15) is 5.11 Å². The van der Waals surface area contributed by atoms with Crippen molar-refractivity contribution < 1.29 is 5.11 Å². The zero-order valence-corrected chi connectivity index (χ0v) is 14.1. The van der Waals surface area contributed by atoms with Gasteiger partial charge in [0.25, 0.3) is 0 Å². The van der Waals surface area contributed by atoms with Gasteiger partial charge in [-0.3, -0.25) is 0 Å². The van der Waals surface area contributed by atoms with Crippen molar-refractivity contribution >= 4 is 27.7 Å². The van der Waals surface area contributed by atoms with Crippen LogP contribution in [0.3, 0.4) is 0 Å². The quantitative estimate of drug-likeness (QED) is 0.889. The van der Waals surface area contributed by atoms with E-state index >= 15 is 0 Å². The lowest BCUT2D eigenvalue weighted by Crippen LogP contribution is -2.08. The zero-order valence-electron chi connectivity index (χ0n) is 11.7. The molecule has 7 heteroatoms. The Kier molecular flexibility index (Phi) is 4.61. The summed E-state index contributed by atoms with van der Waals surface area (Å²) in [6.45, 7) is 1.76. The van der Waals surface area contributed by atoms with Crippen molar-refractivity contribution in [3.05, 3.63) is 28.2 Å². The van der Waals surface area contributed by atoms with E-state index in [2.05, 4.69) is 31.5 Å². The first-order valence-electron chi connectivity index (χ1n) is 7.08. The van der Waals surface area contributed by atoms with Crippen LogP contribution in [-0.4, -0.2) is 25.3 Å². The Labute approximate surface area is 136 Å². The number of benzene rings is 1. The molecule has 0 radical (unpaired) electrons. The number of hydrogen-bond donors (Lipinski definition) is 1. The smallest absolute Gasteiger partial charge is 0.214 e. The molecule has 1 aromatic carbocycles. The molecule has 1 aromatic heterocycles. The van der Waals surface area contributed by atoms with Crippen molar-refractivity contribution in [2.75, 3.05) is 0 Å². The molecule has 0 aliphatic heterocycles. The minimum absolute atomic E-state index is 0.429. The maximum Gasteiger partial charge on any atom is 0.214 e. The van der Waals surface area contributed by atoms with Gasteiger partial charge in [-0.05, 0) is 75.6 Å². The second-order valence-corrected chi connectivity index (χ2v) is 7.18. The summed E-state index contributed by atoms with van der Waals surface area (Å²) >= 11 is 5.11. The fraction of sp³-hybridized carbons (Fsp3) is 0.500. The number of aliphatic hydroxyl groups excluding tert-OH is 1. The fourth-order valence-electron chi connectivity index (χ4n) is 2.59.